The van der Waals surface area contributed by atoms with Crippen LogP contribution in [0.2, 0.25) is 0 Å². The first-order valence-corrected chi connectivity index (χ1v) is 4.75. The maximum atomic E-state index is 13.5. The number of carbonyl (C=O) groups excluding carboxylic acids is 1. The summed E-state index contributed by atoms with van der Waals surface area (Å²) in [6.07, 6.45) is 1.37. The minimum Gasteiger partial charge on any atom is -0.301 e. The summed E-state index contributed by atoms with van der Waals surface area (Å²) in [7, 11) is 0. The quantitative estimate of drug-likeness (QED) is 0.693. The normalized spacial score (nSPS) is 20.3. The highest BCUT2D eigenvalue weighted by atomic mass is 19.1. The molecule has 1 heterocycles. The van der Waals surface area contributed by atoms with Gasteiger partial charge in [-0.1, -0.05) is 12.1 Å². The molecule has 0 radical (unpaired) electrons. The van der Waals surface area contributed by atoms with Gasteiger partial charge in [0.25, 0.3) is 0 Å². The van der Waals surface area contributed by atoms with Gasteiger partial charge in [-0.25, -0.2) is 4.39 Å². The molecule has 0 aromatic heterocycles. The van der Waals surface area contributed by atoms with E-state index in [0.717, 1.165) is 12.0 Å². The molecule has 0 spiro atoms. The van der Waals surface area contributed by atoms with Gasteiger partial charge in [-0.3, -0.25) is 5.01 Å². The third-order valence-electron chi connectivity index (χ3n) is 2.35. The number of para-hydroxylation sites is 1. The van der Waals surface area contributed by atoms with Crippen molar-refractivity contribution < 1.29 is 9.18 Å². The van der Waals surface area contributed by atoms with Gasteiger partial charge in [-0.05, 0) is 19.1 Å². The summed E-state index contributed by atoms with van der Waals surface area (Å²) in [5, 5.41) is 5.59. The standard InChI is InChI=1S/C11H11FN2O/c1-8-6-9(7-15)14(13-8)11-5-3-2-4-10(11)12/h2-5,7,9H,6H2,1H3. The molecule has 0 saturated heterocycles. The molecule has 2 rings (SSSR count). The third kappa shape index (κ3) is 1.75. The second-order valence-corrected chi connectivity index (χ2v) is 3.54. The first kappa shape index (κ1) is 9.83. The van der Waals surface area contributed by atoms with E-state index in [1.165, 1.54) is 11.1 Å². The van der Waals surface area contributed by atoms with Gasteiger partial charge in [-0.2, -0.15) is 5.10 Å². The number of carbonyl (C=O) groups is 1. The molecule has 0 bridgehead atoms. The predicted octanol–water partition coefficient (Wildman–Crippen LogP) is 1.98. The van der Waals surface area contributed by atoms with E-state index in [1.807, 2.05) is 6.92 Å². The highest BCUT2D eigenvalue weighted by Crippen LogP contribution is 2.25. The fraction of sp³-hybridized carbons (Fsp3) is 0.273. The molecular formula is C11H11FN2O. The maximum Gasteiger partial charge on any atom is 0.148 e. The molecular weight excluding hydrogens is 195 g/mol. The van der Waals surface area contributed by atoms with Crippen LogP contribution in [0, 0.1) is 5.82 Å². The van der Waals surface area contributed by atoms with E-state index in [2.05, 4.69) is 5.10 Å². The lowest BCUT2D eigenvalue weighted by Crippen LogP contribution is -2.28. The van der Waals surface area contributed by atoms with Crippen LogP contribution in [-0.4, -0.2) is 18.0 Å². The molecule has 1 aliphatic rings. The molecule has 4 heteroatoms. The number of nitrogens with zero attached hydrogens (tertiary/aromatic N) is 2. The summed E-state index contributed by atoms with van der Waals surface area (Å²) in [6, 6.07) is 5.95. The molecule has 0 aliphatic carbocycles. The Morgan fingerprint density at radius 2 is 2.27 bits per heavy atom. The Labute approximate surface area is 87.2 Å². The molecule has 0 N–H and O–H groups in total. The highest BCUT2D eigenvalue weighted by molar-refractivity contribution is 5.91. The molecule has 1 atom stereocenters. The Bertz CT molecular complexity index is 417. The summed E-state index contributed by atoms with van der Waals surface area (Å²) in [6.45, 7) is 1.83. The Morgan fingerprint density at radius 1 is 1.53 bits per heavy atom. The first-order valence-electron chi connectivity index (χ1n) is 4.75. The molecule has 1 aromatic rings. The van der Waals surface area contributed by atoms with Crippen LogP contribution in [0.3, 0.4) is 0 Å². The van der Waals surface area contributed by atoms with Gasteiger partial charge in [0.05, 0.1) is 5.69 Å². The molecule has 0 fully saturated rings. The zero-order valence-corrected chi connectivity index (χ0v) is 8.35. The average molecular weight is 206 g/mol. The van der Waals surface area contributed by atoms with Gasteiger partial charge < -0.3 is 4.79 Å². The Morgan fingerprint density at radius 3 is 2.93 bits per heavy atom. The fourth-order valence-electron chi connectivity index (χ4n) is 1.66. The van der Waals surface area contributed by atoms with E-state index < -0.39 is 0 Å². The summed E-state index contributed by atoms with van der Waals surface area (Å²) in [4.78, 5) is 10.8. The van der Waals surface area contributed by atoms with E-state index in [0.29, 0.717) is 12.1 Å². The van der Waals surface area contributed by atoms with Crippen LogP contribution in [-0.2, 0) is 4.79 Å². The van der Waals surface area contributed by atoms with Crippen molar-refractivity contribution in [3.63, 3.8) is 0 Å². The lowest BCUT2D eigenvalue weighted by molar-refractivity contribution is -0.108. The lowest BCUT2D eigenvalue weighted by Gasteiger charge is -2.19. The monoisotopic (exact) mass is 206 g/mol. The van der Waals surface area contributed by atoms with E-state index in [-0.39, 0.29) is 11.9 Å². The predicted molar refractivity (Wildman–Crippen MR) is 56.5 cm³/mol. The van der Waals surface area contributed by atoms with Crippen molar-refractivity contribution in [1.29, 1.82) is 0 Å². The van der Waals surface area contributed by atoms with Crippen LogP contribution in [0.4, 0.5) is 10.1 Å². The van der Waals surface area contributed by atoms with Crippen molar-refractivity contribution in [1.82, 2.24) is 0 Å². The molecule has 0 saturated carbocycles. The van der Waals surface area contributed by atoms with Crippen LogP contribution < -0.4 is 5.01 Å². The van der Waals surface area contributed by atoms with Crippen LogP contribution in [0.15, 0.2) is 29.4 Å². The van der Waals surface area contributed by atoms with Crippen LogP contribution in [0.1, 0.15) is 13.3 Å². The minimum absolute atomic E-state index is 0.353. The summed E-state index contributed by atoms with van der Waals surface area (Å²) < 4.78 is 13.5. The molecule has 78 valence electrons. The lowest BCUT2D eigenvalue weighted by atomic mass is 10.2. The van der Waals surface area contributed by atoms with Crippen molar-refractivity contribution >= 4 is 17.7 Å². The Kier molecular flexibility index (Phi) is 2.49. The largest absolute Gasteiger partial charge is 0.301 e. The van der Waals surface area contributed by atoms with Crippen LogP contribution in [0.25, 0.3) is 0 Å². The van der Waals surface area contributed by atoms with Gasteiger partial charge in [0, 0.05) is 12.1 Å². The molecule has 0 amide bonds. The minimum atomic E-state index is -0.373. The number of rotatable bonds is 2. The van der Waals surface area contributed by atoms with E-state index in [9.17, 15) is 9.18 Å². The number of halogens is 1. The van der Waals surface area contributed by atoms with E-state index >= 15 is 0 Å². The Balaban J connectivity index is 2.38. The summed E-state index contributed by atoms with van der Waals surface area (Å²) in [5.41, 5.74) is 1.20. The van der Waals surface area contributed by atoms with Gasteiger partial charge in [0.2, 0.25) is 0 Å². The van der Waals surface area contributed by atoms with Crippen molar-refractivity contribution in [2.45, 2.75) is 19.4 Å². The second-order valence-electron chi connectivity index (χ2n) is 3.54. The number of hydrogen-bond acceptors (Lipinski definition) is 3. The van der Waals surface area contributed by atoms with E-state index in [4.69, 9.17) is 0 Å². The summed E-state index contributed by atoms with van der Waals surface area (Å²) in [5.74, 6) is -0.359. The zero-order valence-electron chi connectivity index (χ0n) is 8.35. The average Bonchev–Trinajstić information content (AvgIpc) is 2.60. The molecule has 1 aliphatic heterocycles. The molecule has 3 nitrogen and oxygen atoms in total. The first-order chi connectivity index (χ1) is 7.22. The highest BCUT2D eigenvalue weighted by Gasteiger charge is 2.26. The molecule has 15 heavy (non-hydrogen) atoms. The van der Waals surface area contributed by atoms with Gasteiger partial charge in [0.15, 0.2) is 0 Å². The number of aldehydes is 1. The Hall–Kier alpha value is -1.71. The number of hydrazone groups is 1. The van der Waals surface area contributed by atoms with Crippen molar-refractivity contribution in [3.8, 4) is 0 Å². The van der Waals surface area contributed by atoms with Crippen molar-refractivity contribution in [2.75, 3.05) is 5.01 Å². The van der Waals surface area contributed by atoms with Gasteiger partial charge in [-0.15, -0.1) is 0 Å². The van der Waals surface area contributed by atoms with E-state index in [1.54, 1.807) is 18.2 Å². The number of benzene rings is 1. The maximum absolute atomic E-state index is 13.5. The molecule has 1 unspecified atom stereocenters. The van der Waals surface area contributed by atoms with Gasteiger partial charge >= 0.3 is 0 Å². The third-order valence-corrected chi connectivity index (χ3v) is 2.35. The van der Waals surface area contributed by atoms with Crippen LogP contribution in [0.5, 0.6) is 0 Å². The van der Waals surface area contributed by atoms with Crippen molar-refractivity contribution in [2.24, 2.45) is 5.10 Å². The van der Waals surface area contributed by atoms with Crippen LogP contribution >= 0.6 is 0 Å². The second kappa shape index (κ2) is 3.81. The number of hydrogen-bond donors (Lipinski definition) is 0. The smallest absolute Gasteiger partial charge is 0.148 e. The van der Waals surface area contributed by atoms with Gasteiger partial charge in [0.1, 0.15) is 18.1 Å². The SMILES string of the molecule is CC1=NN(c2ccccc2F)C(C=O)C1. The number of anilines is 1. The summed E-state index contributed by atoms with van der Waals surface area (Å²) >= 11 is 0. The molecule has 1 aromatic carbocycles. The van der Waals surface area contributed by atoms with Crippen molar-refractivity contribution in [3.05, 3.63) is 30.1 Å². The zero-order chi connectivity index (χ0) is 10.8. The topological polar surface area (TPSA) is 32.7 Å². The fourth-order valence-corrected chi connectivity index (χ4v) is 1.66.